The summed E-state index contributed by atoms with van der Waals surface area (Å²) in [6.07, 6.45) is 0.556. The third-order valence-corrected chi connectivity index (χ3v) is 3.43. The van der Waals surface area contributed by atoms with Crippen molar-refractivity contribution in [1.82, 2.24) is 10.2 Å². The Balaban J connectivity index is 2.41. The van der Waals surface area contributed by atoms with Crippen molar-refractivity contribution in [2.24, 2.45) is 0 Å². The smallest absolute Gasteiger partial charge is 0.317 e. The number of carboxylic acid groups (broad SMARTS) is 1. The molecule has 0 aromatic carbocycles. The Morgan fingerprint density at radius 3 is 2.74 bits per heavy atom. The Morgan fingerprint density at radius 1 is 1.47 bits per heavy atom. The third-order valence-electron chi connectivity index (χ3n) is 2.70. The summed E-state index contributed by atoms with van der Waals surface area (Å²) in [5.41, 5.74) is 1.08. The zero-order valence-corrected chi connectivity index (χ0v) is 12.1. The molecule has 1 aromatic heterocycles. The second-order valence-corrected chi connectivity index (χ2v) is 5.35. The molecule has 106 valence electrons. The predicted octanol–water partition coefficient (Wildman–Crippen LogP) is 2.53. The van der Waals surface area contributed by atoms with Gasteiger partial charge in [0.25, 0.3) is 0 Å². The number of hydrogen-bond acceptors (Lipinski definition) is 3. The van der Waals surface area contributed by atoms with Crippen molar-refractivity contribution in [2.75, 3.05) is 6.54 Å². The highest BCUT2D eigenvalue weighted by atomic mass is 32.1. The van der Waals surface area contributed by atoms with Crippen LogP contribution >= 0.6 is 11.3 Å². The molecule has 0 radical (unpaired) electrons. The predicted molar refractivity (Wildman–Crippen MR) is 75.3 cm³/mol. The lowest BCUT2D eigenvalue weighted by atomic mass is 10.2. The molecule has 0 atom stereocenters. The summed E-state index contributed by atoms with van der Waals surface area (Å²) in [5, 5.41) is 15.4. The molecule has 0 bridgehead atoms. The minimum absolute atomic E-state index is 0.0521. The van der Waals surface area contributed by atoms with Crippen LogP contribution in [-0.4, -0.2) is 34.6 Å². The molecule has 0 aliphatic carbocycles. The SMILES string of the molecule is CC(C)N(CCCC(=O)O)C(=O)NCc1ccsc1. The molecule has 1 aromatic rings. The first-order valence-corrected chi connectivity index (χ1v) is 7.22. The lowest BCUT2D eigenvalue weighted by molar-refractivity contribution is -0.137. The number of thiophene rings is 1. The van der Waals surface area contributed by atoms with Crippen LogP contribution in [0.2, 0.25) is 0 Å². The Hall–Kier alpha value is -1.56. The van der Waals surface area contributed by atoms with Crippen molar-refractivity contribution in [3.05, 3.63) is 22.4 Å². The van der Waals surface area contributed by atoms with Gasteiger partial charge in [-0.3, -0.25) is 4.79 Å². The summed E-state index contributed by atoms with van der Waals surface area (Å²) in [6.45, 7) is 4.81. The molecule has 0 saturated carbocycles. The molecule has 19 heavy (non-hydrogen) atoms. The van der Waals surface area contributed by atoms with Gasteiger partial charge in [0.2, 0.25) is 0 Å². The second kappa shape index (κ2) is 7.78. The van der Waals surface area contributed by atoms with E-state index in [4.69, 9.17) is 5.11 Å². The van der Waals surface area contributed by atoms with Gasteiger partial charge in [-0.1, -0.05) is 0 Å². The van der Waals surface area contributed by atoms with Crippen LogP contribution in [0.15, 0.2) is 16.8 Å². The normalized spacial score (nSPS) is 10.5. The fraction of sp³-hybridized carbons (Fsp3) is 0.538. The average molecular weight is 284 g/mol. The number of carbonyl (C=O) groups is 2. The Labute approximate surface area is 117 Å². The maximum atomic E-state index is 12.0. The van der Waals surface area contributed by atoms with Gasteiger partial charge in [0, 0.05) is 25.6 Å². The molecule has 0 spiro atoms. The zero-order valence-electron chi connectivity index (χ0n) is 11.3. The molecule has 0 aliphatic rings. The Kier molecular flexibility index (Phi) is 6.35. The van der Waals surface area contributed by atoms with E-state index in [9.17, 15) is 9.59 Å². The number of nitrogens with zero attached hydrogens (tertiary/aromatic N) is 1. The number of urea groups is 1. The maximum Gasteiger partial charge on any atom is 0.317 e. The first-order valence-electron chi connectivity index (χ1n) is 6.28. The van der Waals surface area contributed by atoms with Crippen molar-refractivity contribution in [3.8, 4) is 0 Å². The van der Waals surface area contributed by atoms with E-state index < -0.39 is 5.97 Å². The fourth-order valence-electron chi connectivity index (χ4n) is 1.67. The van der Waals surface area contributed by atoms with Gasteiger partial charge in [-0.15, -0.1) is 0 Å². The Bertz CT molecular complexity index is 404. The first-order chi connectivity index (χ1) is 9.00. The molecule has 6 heteroatoms. The van der Waals surface area contributed by atoms with Crippen molar-refractivity contribution in [2.45, 2.75) is 39.3 Å². The zero-order chi connectivity index (χ0) is 14.3. The van der Waals surface area contributed by atoms with Gasteiger partial charge in [-0.25, -0.2) is 4.79 Å². The number of hydrogen-bond donors (Lipinski definition) is 2. The van der Waals surface area contributed by atoms with E-state index in [-0.39, 0.29) is 18.5 Å². The number of carboxylic acids is 1. The molecule has 2 N–H and O–H groups in total. The molecule has 0 fully saturated rings. The highest BCUT2D eigenvalue weighted by Gasteiger charge is 2.16. The number of amides is 2. The number of carbonyl (C=O) groups excluding carboxylic acids is 1. The summed E-state index contributed by atoms with van der Waals surface area (Å²) >= 11 is 1.59. The van der Waals surface area contributed by atoms with Gasteiger partial charge in [-0.05, 0) is 42.7 Å². The minimum Gasteiger partial charge on any atom is -0.481 e. The molecular weight excluding hydrogens is 264 g/mol. The minimum atomic E-state index is -0.831. The number of aliphatic carboxylic acids is 1. The molecule has 2 amide bonds. The van der Waals surface area contributed by atoms with Gasteiger partial charge in [0.1, 0.15) is 0 Å². The molecule has 0 aliphatic heterocycles. The van der Waals surface area contributed by atoms with Crippen LogP contribution in [0.3, 0.4) is 0 Å². The summed E-state index contributed by atoms with van der Waals surface area (Å²) in [4.78, 5) is 24.2. The number of nitrogens with one attached hydrogen (secondary N) is 1. The van der Waals surface area contributed by atoms with Crippen LogP contribution in [0.25, 0.3) is 0 Å². The van der Waals surface area contributed by atoms with Crippen LogP contribution in [0.1, 0.15) is 32.3 Å². The molecule has 1 rings (SSSR count). The topological polar surface area (TPSA) is 69.6 Å². The van der Waals surface area contributed by atoms with E-state index in [0.717, 1.165) is 5.56 Å². The fourth-order valence-corrected chi connectivity index (χ4v) is 2.34. The van der Waals surface area contributed by atoms with Crippen molar-refractivity contribution < 1.29 is 14.7 Å². The van der Waals surface area contributed by atoms with Crippen LogP contribution in [-0.2, 0) is 11.3 Å². The van der Waals surface area contributed by atoms with Gasteiger partial charge in [-0.2, -0.15) is 11.3 Å². The van der Waals surface area contributed by atoms with E-state index in [2.05, 4.69) is 5.32 Å². The summed E-state index contributed by atoms with van der Waals surface area (Å²) in [5.74, 6) is -0.831. The number of rotatable bonds is 7. The highest BCUT2D eigenvalue weighted by molar-refractivity contribution is 7.07. The van der Waals surface area contributed by atoms with Crippen molar-refractivity contribution in [1.29, 1.82) is 0 Å². The molecule has 0 unspecified atom stereocenters. The standard InChI is InChI=1S/C13H20N2O3S/c1-10(2)15(6-3-4-12(16)17)13(18)14-8-11-5-7-19-9-11/h5,7,9-10H,3-4,6,8H2,1-2H3,(H,14,18)(H,16,17). The Morgan fingerprint density at radius 2 is 2.21 bits per heavy atom. The lowest BCUT2D eigenvalue weighted by Crippen LogP contribution is -2.44. The van der Waals surface area contributed by atoms with Crippen LogP contribution in [0.5, 0.6) is 0 Å². The second-order valence-electron chi connectivity index (χ2n) is 4.57. The van der Waals surface area contributed by atoms with Crippen LogP contribution in [0.4, 0.5) is 4.79 Å². The van der Waals surface area contributed by atoms with Crippen molar-refractivity contribution >= 4 is 23.3 Å². The van der Waals surface area contributed by atoms with E-state index in [1.165, 1.54) is 0 Å². The average Bonchev–Trinajstić information content (AvgIpc) is 2.84. The molecular formula is C13H20N2O3S. The van der Waals surface area contributed by atoms with Crippen LogP contribution < -0.4 is 5.32 Å². The first kappa shape index (κ1) is 15.5. The summed E-state index contributed by atoms with van der Waals surface area (Å²) in [7, 11) is 0. The van der Waals surface area contributed by atoms with Gasteiger partial charge >= 0.3 is 12.0 Å². The summed E-state index contributed by atoms with van der Waals surface area (Å²) < 4.78 is 0. The molecule has 0 saturated heterocycles. The summed E-state index contributed by atoms with van der Waals surface area (Å²) in [6, 6.07) is 1.87. The van der Waals surface area contributed by atoms with E-state index in [1.807, 2.05) is 30.7 Å². The quantitative estimate of drug-likeness (QED) is 0.808. The maximum absolute atomic E-state index is 12.0. The van der Waals surface area contributed by atoms with Gasteiger partial charge in [0.05, 0.1) is 0 Å². The van der Waals surface area contributed by atoms with E-state index in [1.54, 1.807) is 16.2 Å². The van der Waals surface area contributed by atoms with Gasteiger partial charge in [0.15, 0.2) is 0 Å². The molecule has 5 nitrogen and oxygen atoms in total. The largest absolute Gasteiger partial charge is 0.481 e. The molecule has 1 heterocycles. The van der Waals surface area contributed by atoms with Gasteiger partial charge < -0.3 is 15.3 Å². The highest BCUT2D eigenvalue weighted by Crippen LogP contribution is 2.07. The lowest BCUT2D eigenvalue weighted by Gasteiger charge is -2.26. The van der Waals surface area contributed by atoms with E-state index in [0.29, 0.717) is 19.5 Å². The van der Waals surface area contributed by atoms with E-state index >= 15 is 0 Å². The van der Waals surface area contributed by atoms with Crippen LogP contribution in [0, 0.1) is 0 Å². The van der Waals surface area contributed by atoms with Crippen molar-refractivity contribution in [3.63, 3.8) is 0 Å². The third kappa shape index (κ3) is 5.74. The monoisotopic (exact) mass is 284 g/mol.